The van der Waals surface area contributed by atoms with E-state index in [2.05, 4.69) is 31.8 Å². The van der Waals surface area contributed by atoms with Gasteiger partial charge in [0.1, 0.15) is 5.75 Å². The molecule has 0 aliphatic carbocycles. The molecule has 0 aliphatic heterocycles. The Hall–Kier alpha value is -4.04. The number of rotatable bonds is 5. The van der Waals surface area contributed by atoms with Gasteiger partial charge in [-0.25, -0.2) is 10.4 Å². The predicted molar refractivity (Wildman–Crippen MR) is 151 cm³/mol. The van der Waals surface area contributed by atoms with E-state index >= 15 is 0 Å². The Bertz CT molecular complexity index is 1520. The number of carbonyl (C=O) groups excluding carboxylic acids is 2. The Morgan fingerprint density at radius 3 is 2.41 bits per heavy atom. The summed E-state index contributed by atoms with van der Waals surface area (Å²) in [6.45, 7) is 7.34. The summed E-state index contributed by atoms with van der Waals surface area (Å²) in [4.78, 5) is 30.4. The molecule has 8 heteroatoms. The SMILES string of the molecule is C/C(=N/NC(=O)c1cc(-c2ccc(O)cc2)nc2ccc(Br)cc12)c1cccc(NC(=O)C(C)(C)C)c1. The van der Waals surface area contributed by atoms with Gasteiger partial charge in [0.15, 0.2) is 0 Å². The van der Waals surface area contributed by atoms with E-state index in [0.29, 0.717) is 33.6 Å². The molecule has 0 fully saturated rings. The molecule has 0 radical (unpaired) electrons. The number of halogens is 1. The second-order valence-electron chi connectivity index (χ2n) is 9.69. The quantitative estimate of drug-likeness (QED) is 0.192. The number of benzene rings is 3. The van der Waals surface area contributed by atoms with Crippen molar-refractivity contribution < 1.29 is 14.7 Å². The Balaban J connectivity index is 1.63. The molecule has 0 spiro atoms. The van der Waals surface area contributed by atoms with Crippen LogP contribution in [0.25, 0.3) is 22.2 Å². The molecule has 0 atom stereocenters. The minimum atomic E-state index is -0.519. The molecule has 4 aromatic rings. The Kier molecular flexibility index (Phi) is 7.40. The number of phenols is 1. The van der Waals surface area contributed by atoms with Crippen molar-refractivity contribution >= 4 is 50.0 Å². The van der Waals surface area contributed by atoms with Crippen molar-refractivity contribution in [3.05, 3.63) is 88.4 Å². The average Bonchev–Trinajstić information content (AvgIpc) is 2.86. The molecule has 0 aliphatic rings. The molecule has 7 nitrogen and oxygen atoms in total. The van der Waals surface area contributed by atoms with E-state index in [1.165, 1.54) is 0 Å². The van der Waals surface area contributed by atoms with Gasteiger partial charge in [0, 0.05) is 26.5 Å². The third-order valence-corrected chi connectivity index (χ3v) is 6.22. The lowest BCUT2D eigenvalue weighted by Gasteiger charge is -2.18. The second-order valence-corrected chi connectivity index (χ2v) is 10.6. The van der Waals surface area contributed by atoms with E-state index in [0.717, 1.165) is 15.6 Å². The predicted octanol–water partition coefficient (Wildman–Crippen LogP) is 6.51. The van der Waals surface area contributed by atoms with Gasteiger partial charge in [-0.15, -0.1) is 0 Å². The highest BCUT2D eigenvalue weighted by Gasteiger charge is 2.21. The fourth-order valence-corrected chi connectivity index (χ4v) is 3.93. The average molecular weight is 559 g/mol. The molecule has 1 aromatic heterocycles. The van der Waals surface area contributed by atoms with Crippen LogP contribution in [0.15, 0.2) is 82.4 Å². The number of hydrogen-bond acceptors (Lipinski definition) is 5. The lowest BCUT2D eigenvalue weighted by atomic mass is 9.95. The van der Waals surface area contributed by atoms with Gasteiger partial charge >= 0.3 is 0 Å². The minimum Gasteiger partial charge on any atom is -0.508 e. The zero-order valence-corrected chi connectivity index (χ0v) is 22.6. The molecule has 188 valence electrons. The van der Waals surface area contributed by atoms with Crippen LogP contribution in [0.3, 0.4) is 0 Å². The fraction of sp³-hybridized carbons (Fsp3) is 0.172. The second kappa shape index (κ2) is 10.5. The van der Waals surface area contributed by atoms with Crippen LogP contribution >= 0.6 is 15.9 Å². The first kappa shape index (κ1) is 26.0. The van der Waals surface area contributed by atoms with Gasteiger partial charge in [0.25, 0.3) is 5.91 Å². The first-order chi connectivity index (χ1) is 17.5. The first-order valence-corrected chi connectivity index (χ1v) is 12.5. The summed E-state index contributed by atoms with van der Waals surface area (Å²) in [6.07, 6.45) is 0. The standard InChI is InChI=1S/C29H27BrN4O3/c1-17(19-6-5-7-21(14-19)31-28(37)29(2,3)4)33-34-27(36)24-16-26(18-8-11-22(35)12-9-18)32-25-13-10-20(30)15-23(24)25/h5-16,35H,1-4H3,(H,31,37)(H,34,36)/b33-17-. The lowest BCUT2D eigenvalue weighted by molar-refractivity contribution is -0.123. The van der Waals surface area contributed by atoms with Crippen molar-refractivity contribution in [3.8, 4) is 17.0 Å². The maximum atomic E-state index is 13.3. The maximum Gasteiger partial charge on any atom is 0.272 e. The van der Waals surface area contributed by atoms with Gasteiger partial charge in [-0.1, -0.05) is 48.8 Å². The molecule has 0 unspecified atom stereocenters. The molecular formula is C29H27BrN4O3. The highest BCUT2D eigenvalue weighted by atomic mass is 79.9. The number of amides is 2. The van der Waals surface area contributed by atoms with Crippen molar-refractivity contribution in [3.63, 3.8) is 0 Å². The maximum absolute atomic E-state index is 13.3. The number of carbonyl (C=O) groups is 2. The van der Waals surface area contributed by atoms with Crippen molar-refractivity contribution in [1.29, 1.82) is 0 Å². The summed E-state index contributed by atoms with van der Waals surface area (Å²) in [6, 6.07) is 21.2. The number of phenolic OH excluding ortho intramolecular Hbond substituents is 1. The van der Waals surface area contributed by atoms with Crippen LogP contribution in [0, 0.1) is 5.41 Å². The Morgan fingerprint density at radius 1 is 0.973 bits per heavy atom. The summed E-state index contributed by atoms with van der Waals surface area (Å²) >= 11 is 3.47. The molecule has 1 heterocycles. The van der Waals surface area contributed by atoms with Crippen LogP contribution in [0.2, 0.25) is 0 Å². The Morgan fingerprint density at radius 2 is 1.70 bits per heavy atom. The number of aromatic nitrogens is 1. The summed E-state index contributed by atoms with van der Waals surface area (Å²) in [5.74, 6) is -0.326. The lowest BCUT2D eigenvalue weighted by Crippen LogP contribution is -2.27. The normalized spacial score (nSPS) is 11.9. The van der Waals surface area contributed by atoms with Gasteiger partial charge < -0.3 is 10.4 Å². The highest BCUT2D eigenvalue weighted by Crippen LogP contribution is 2.28. The van der Waals surface area contributed by atoms with Crippen LogP contribution < -0.4 is 10.7 Å². The molecule has 0 bridgehead atoms. The van der Waals surface area contributed by atoms with E-state index in [1.54, 1.807) is 37.3 Å². The number of aromatic hydroxyl groups is 1. The van der Waals surface area contributed by atoms with E-state index in [-0.39, 0.29) is 17.6 Å². The van der Waals surface area contributed by atoms with Gasteiger partial charge in [-0.3, -0.25) is 9.59 Å². The van der Waals surface area contributed by atoms with Gasteiger partial charge in [-0.2, -0.15) is 5.10 Å². The topological polar surface area (TPSA) is 104 Å². The molecule has 0 saturated carbocycles. The van der Waals surface area contributed by atoms with Gasteiger partial charge in [0.05, 0.1) is 22.5 Å². The number of pyridine rings is 1. The van der Waals surface area contributed by atoms with Crippen molar-refractivity contribution in [2.75, 3.05) is 5.32 Å². The van der Waals surface area contributed by atoms with Crippen LogP contribution in [0.5, 0.6) is 5.75 Å². The van der Waals surface area contributed by atoms with Crippen LogP contribution in [-0.2, 0) is 4.79 Å². The largest absolute Gasteiger partial charge is 0.508 e. The van der Waals surface area contributed by atoms with Gasteiger partial charge in [0.2, 0.25) is 5.91 Å². The van der Waals surface area contributed by atoms with E-state index < -0.39 is 5.41 Å². The van der Waals surface area contributed by atoms with Crippen LogP contribution in [-0.4, -0.2) is 27.6 Å². The van der Waals surface area contributed by atoms with Crippen LogP contribution in [0.4, 0.5) is 5.69 Å². The van der Waals surface area contributed by atoms with E-state index in [4.69, 9.17) is 4.98 Å². The van der Waals surface area contributed by atoms with Gasteiger partial charge in [-0.05, 0) is 73.2 Å². The molecule has 3 aromatic carbocycles. The summed E-state index contributed by atoms with van der Waals surface area (Å²) in [5, 5.41) is 17.5. The number of hydrogen-bond donors (Lipinski definition) is 3. The van der Waals surface area contributed by atoms with E-state index in [1.807, 2.05) is 63.2 Å². The highest BCUT2D eigenvalue weighted by molar-refractivity contribution is 9.10. The summed E-state index contributed by atoms with van der Waals surface area (Å²) in [7, 11) is 0. The molecule has 0 saturated heterocycles. The number of anilines is 1. The molecule has 2 amide bonds. The number of hydrazone groups is 1. The zero-order valence-electron chi connectivity index (χ0n) is 21.0. The minimum absolute atomic E-state index is 0.0901. The number of nitrogens with zero attached hydrogens (tertiary/aromatic N) is 2. The summed E-state index contributed by atoms with van der Waals surface area (Å²) in [5.41, 5.74) is 6.58. The number of nitrogens with one attached hydrogen (secondary N) is 2. The van der Waals surface area contributed by atoms with Crippen molar-refractivity contribution in [2.45, 2.75) is 27.7 Å². The smallest absolute Gasteiger partial charge is 0.272 e. The van der Waals surface area contributed by atoms with Crippen molar-refractivity contribution in [2.24, 2.45) is 10.5 Å². The molecule has 37 heavy (non-hydrogen) atoms. The first-order valence-electron chi connectivity index (χ1n) is 11.7. The van der Waals surface area contributed by atoms with Crippen molar-refractivity contribution in [1.82, 2.24) is 10.4 Å². The van der Waals surface area contributed by atoms with E-state index in [9.17, 15) is 14.7 Å². The van der Waals surface area contributed by atoms with Crippen LogP contribution in [0.1, 0.15) is 43.6 Å². The third-order valence-electron chi connectivity index (χ3n) is 5.72. The molecular weight excluding hydrogens is 532 g/mol. The third kappa shape index (κ3) is 6.21. The number of fused-ring (bicyclic) bond motifs is 1. The molecule has 4 rings (SSSR count). The molecule has 3 N–H and O–H groups in total. The summed E-state index contributed by atoms with van der Waals surface area (Å²) < 4.78 is 0.821. The monoisotopic (exact) mass is 558 g/mol. The zero-order chi connectivity index (χ0) is 26.7. The Labute approximate surface area is 223 Å². The fourth-order valence-electron chi connectivity index (χ4n) is 3.57.